The van der Waals surface area contributed by atoms with Crippen molar-refractivity contribution in [2.24, 2.45) is 0 Å². The van der Waals surface area contributed by atoms with Crippen LogP contribution in [0, 0.1) is 0 Å². The van der Waals surface area contributed by atoms with Gasteiger partial charge < -0.3 is 0 Å². The quantitative estimate of drug-likeness (QED) is 0.461. The topological polar surface area (TPSA) is 0 Å². The molecule has 0 radical (unpaired) electrons. The van der Waals surface area contributed by atoms with Crippen molar-refractivity contribution in [1.82, 2.24) is 0 Å². The fraction of sp³-hybridized carbons (Fsp3) is 1.00. The molecule has 0 aliphatic rings. The molecule has 0 amide bonds. The summed E-state index contributed by atoms with van der Waals surface area (Å²) < 4.78 is 6.58. The number of thioether (sulfide) groups is 1. The summed E-state index contributed by atoms with van der Waals surface area (Å²) in [6.45, 7) is 0.557. The van der Waals surface area contributed by atoms with Gasteiger partial charge in [0, 0.05) is 2.80 Å². The normalized spacial score (nSPS) is 10.8. The first-order valence-corrected chi connectivity index (χ1v) is 2.59. The number of hydrogen-bond donors (Lipinski definition) is 0. The second kappa shape index (κ2) is 3.35. The van der Waals surface area contributed by atoms with E-state index in [1.54, 1.807) is 11.8 Å². The monoisotopic (exact) mass is 80.1 g/mol. The Morgan fingerprint density at radius 3 is 3.25 bits per heavy atom. The molecule has 1 heteroatoms. The predicted octanol–water partition coefficient (Wildman–Crippen LogP) is 1.62. The third kappa shape index (κ3) is 2.35. The SMILES string of the molecule is [2HH].[2H]CCSC. The van der Waals surface area contributed by atoms with E-state index < -0.39 is 0 Å². The highest BCUT2D eigenvalue weighted by Gasteiger charge is 1.55. The van der Waals surface area contributed by atoms with Crippen LogP contribution in [0.15, 0.2) is 0 Å². The van der Waals surface area contributed by atoms with Gasteiger partial charge in [0.25, 0.3) is 0 Å². The van der Waals surface area contributed by atoms with Gasteiger partial charge in [-0.25, -0.2) is 0 Å². The summed E-state index contributed by atoms with van der Waals surface area (Å²) in [7, 11) is 0. The van der Waals surface area contributed by atoms with E-state index in [2.05, 4.69) is 0 Å². The molecule has 0 aromatic heterocycles. The Bertz CT molecular complexity index is 16.3. The molecular weight excluding hydrogens is 68.1 g/mol. The molecule has 0 N–H and O–H groups in total. The van der Waals surface area contributed by atoms with E-state index in [-0.39, 0.29) is 1.43 Å². The average Bonchev–Trinajstić information content (AvgIpc) is 1.41. The predicted molar refractivity (Wildman–Crippen MR) is 26.2 cm³/mol. The Morgan fingerprint density at radius 1 is 2.50 bits per heavy atom. The molecule has 0 bridgehead atoms. The lowest BCUT2D eigenvalue weighted by molar-refractivity contribution is 1.53. The van der Waals surface area contributed by atoms with Crippen LogP contribution in [0.4, 0.5) is 0 Å². The van der Waals surface area contributed by atoms with Gasteiger partial charge in [-0.2, -0.15) is 11.8 Å². The van der Waals surface area contributed by atoms with Crippen LogP contribution in [0.5, 0.6) is 0 Å². The van der Waals surface area contributed by atoms with Gasteiger partial charge >= 0.3 is 0 Å². The lowest BCUT2D eigenvalue weighted by Crippen LogP contribution is -1.52. The van der Waals surface area contributed by atoms with Crippen molar-refractivity contribution in [2.75, 3.05) is 12.0 Å². The van der Waals surface area contributed by atoms with Crippen LogP contribution >= 0.6 is 11.8 Å². The highest BCUT2D eigenvalue weighted by molar-refractivity contribution is 7.98. The largest absolute Gasteiger partial charge is 0.166 e. The second-order valence-electron chi connectivity index (χ2n) is 0.493. The minimum atomic E-state index is 0. The Balaban J connectivity index is 0. The van der Waals surface area contributed by atoms with E-state index in [1.807, 2.05) is 6.26 Å². The summed E-state index contributed by atoms with van der Waals surface area (Å²) in [6.07, 6.45) is 2.01. The van der Waals surface area contributed by atoms with Crippen molar-refractivity contribution < 1.29 is 2.80 Å². The van der Waals surface area contributed by atoms with Crippen LogP contribution in [0.25, 0.3) is 0 Å². The van der Waals surface area contributed by atoms with Crippen molar-refractivity contribution in [3.8, 4) is 0 Å². The highest BCUT2D eigenvalue weighted by Crippen LogP contribution is 1.83. The maximum absolute atomic E-state index is 6.58. The maximum Gasteiger partial charge on any atom is 0.0239 e. The number of hydrogen-bond acceptors (Lipinski definition) is 1. The van der Waals surface area contributed by atoms with Gasteiger partial charge in [-0.15, -0.1) is 0 Å². The molecule has 0 aromatic carbocycles. The summed E-state index contributed by atoms with van der Waals surface area (Å²) >= 11 is 1.71. The minimum Gasteiger partial charge on any atom is -0.166 e. The standard InChI is InChI=1S/C3H8S.H2/c1-3-4-2;/h3H2,1-2H3;1H/i1D;1+1. The molecule has 0 atom stereocenters. The van der Waals surface area contributed by atoms with Crippen LogP contribution in [0.2, 0.25) is 0 Å². The summed E-state index contributed by atoms with van der Waals surface area (Å²) in [5, 5.41) is 0. The second-order valence-corrected chi connectivity index (χ2v) is 1.48. The van der Waals surface area contributed by atoms with Crippen molar-refractivity contribution >= 4 is 11.8 Å². The van der Waals surface area contributed by atoms with E-state index in [4.69, 9.17) is 1.37 Å². The van der Waals surface area contributed by atoms with Crippen LogP contribution < -0.4 is 0 Å². The molecule has 0 aliphatic carbocycles. The molecule has 0 nitrogen and oxygen atoms in total. The molecule has 0 unspecified atom stereocenters. The molecule has 0 saturated heterocycles. The fourth-order valence-corrected chi connectivity index (χ4v) is 0. The summed E-state index contributed by atoms with van der Waals surface area (Å²) in [6, 6.07) is 0. The Kier molecular flexibility index (Phi) is 2.16. The van der Waals surface area contributed by atoms with Crippen LogP contribution in [-0.2, 0) is 0 Å². The lowest BCUT2D eigenvalue weighted by Gasteiger charge is -1.69. The first-order valence-electron chi connectivity index (χ1n) is 1.90. The number of rotatable bonds is 1. The fourth-order valence-electron chi connectivity index (χ4n) is 0. The summed E-state index contributed by atoms with van der Waals surface area (Å²) in [5.74, 6) is 0.972. The smallest absolute Gasteiger partial charge is 0.0239 e. The third-order valence-electron chi connectivity index (χ3n) is 0.204. The zero-order valence-electron chi connectivity index (χ0n) is 3.82. The summed E-state index contributed by atoms with van der Waals surface area (Å²) in [4.78, 5) is 0. The Hall–Kier alpha value is 0.350. The zero-order chi connectivity index (χ0) is 4.12. The molecule has 0 aliphatic heterocycles. The molecule has 0 spiro atoms. The van der Waals surface area contributed by atoms with Gasteiger partial charge in [0.15, 0.2) is 0 Å². The first-order chi connectivity index (χ1) is 2.41. The molecular formula is C3H10S. The van der Waals surface area contributed by atoms with Gasteiger partial charge in [0.05, 0.1) is 0 Å². The zero-order valence-corrected chi connectivity index (χ0v) is 3.64. The van der Waals surface area contributed by atoms with Crippen molar-refractivity contribution in [1.29, 1.82) is 0 Å². The van der Waals surface area contributed by atoms with E-state index in [1.165, 1.54) is 0 Å². The van der Waals surface area contributed by atoms with Crippen LogP contribution in [-0.4, -0.2) is 12.0 Å². The van der Waals surface area contributed by atoms with Crippen molar-refractivity contribution in [2.45, 2.75) is 6.90 Å². The minimum absolute atomic E-state index is 0. The molecule has 0 heterocycles. The van der Waals surface area contributed by atoms with Gasteiger partial charge in [0.1, 0.15) is 0 Å². The lowest BCUT2D eigenvalue weighted by atomic mass is 11.0. The van der Waals surface area contributed by atoms with Crippen molar-refractivity contribution in [3.05, 3.63) is 0 Å². The van der Waals surface area contributed by atoms with Crippen LogP contribution in [0.3, 0.4) is 0 Å². The molecule has 0 saturated carbocycles. The highest BCUT2D eigenvalue weighted by atomic mass is 32.2. The van der Waals surface area contributed by atoms with Gasteiger partial charge in [-0.05, 0) is 12.0 Å². The molecule has 0 rings (SSSR count). The molecule has 0 aromatic rings. The third-order valence-corrected chi connectivity index (χ3v) is 0.612. The molecule has 28 valence electrons. The Labute approximate surface area is 34.5 Å². The van der Waals surface area contributed by atoms with Crippen molar-refractivity contribution in [3.63, 3.8) is 0 Å². The average molecular weight is 80.2 g/mol. The van der Waals surface area contributed by atoms with E-state index in [0.717, 1.165) is 5.75 Å². The van der Waals surface area contributed by atoms with Gasteiger partial charge in [0.2, 0.25) is 0 Å². The van der Waals surface area contributed by atoms with Gasteiger partial charge in [-0.1, -0.05) is 6.90 Å². The summed E-state index contributed by atoms with van der Waals surface area (Å²) in [5.41, 5.74) is 0. The maximum atomic E-state index is 6.58. The van der Waals surface area contributed by atoms with E-state index in [0.29, 0.717) is 6.90 Å². The van der Waals surface area contributed by atoms with E-state index >= 15 is 0 Å². The molecule has 0 fully saturated rings. The van der Waals surface area contributed by atoms with Gasteiger partial charge in [-0.3, -0.25) is 0 Å². The molecule has 4 heavy (non-hydrogen) atoms. The Morgan fingerprint density at radius 2 is 3.25 bits per heavy atom. The van der Waals surface area contributed by atoms with Crippen LogP contribution in [0.1, 0.15) is 9.70 Å². The van der Waals surface area contributed by atoms with E-state index in [9.17, 15) is 0 Å². The first kappa shape index (κ1) is 2.58.